The molecule has 2 atom stereocenters. The highest BCUT2D eigenvalue weighted by Crippen LogP contribution is 2.29. The lowest BCUT2D eigenvalue weighted by atomic mass is 10.1. The monoisotopic (exact) mass is 319 g/mol. The Bertz CT molecular complexity index is 557. The summed E-state index contributed by atoms with van der Waals surface area (Å²) in [5, 5.41) is 8.91. The van der Waals surface area contributed by atoms with Gasteiger partial charge < -0.3 is 19.5 Å². The molecule has 0 spiro atoms. The first-order valence-corrected chi connectivity index (χ1v) is 8.00. The number of hydrogen-bond acceptors (Lipinski definition) is 4. The van der Waals surface area contributed by atoms with Gasteiger partial charge in [-0.2, -0.15) is 0 Å². The minimum atomic E-state index is -0.911. The predicted octanol–water partition coefficient (Wildman–Crippen LogP) is 1.47. The summed E-state index contributed by atoms with van der Waals surface area (Å²) in [6.07, 6.45) is 1.78. The second kappa shape index (κ2) is 7.00. The van der Waals surface area contributed by atoms with E-state index in [1.165, 1.54) is 0 Å². The van der Waals surface area contributed by atoms with Crippen LogP contribution in [-0.4, -0.2) is 53.8 Å². The lowest BCUT2D eigenvalue weighted by Gasteiger charge is -2.27. The maximum atomic E-state index is 12.8. The molecule has 1 saturated heterocycles. The average molecular weight is 319 g/mol. The van der Waals surface area contributed by atoms with E-state index in [0.717, 1.165) is 24.2 Å². The normalized spacial score (nSPS) is 22.4. The van der Waals surface area contributed by atoms with Gasteiger partial charge in [-0.3, -0.25) is 9.59 Å². The molecule has 0 radical (unpaired) electrons. The van der Waals surface area contributed by atoms with Crippen LogP contribution >= 0.6 is 0 Å². The number of hydrogen-bond donors (Lipinski definition) is 1. The molecule has 1 fully saturated rings. The molecule has 0 aliphatic carbocycles. The number of aliphatic carboxylic acids is 1. The van der Waals surface area contributed by atoms with Gasteiger partial charge in [0.15, 0.2) is 6.10 Å². The molecule has 1 amide bonds. The average Bonchev–Trinajstić information content (AvgIpc) is 3.19. The van der Waals surface area contributed by atoms with E-state index in [1.54, 1.807) is 4.90 Å². The molecule has 124 valence electrons. The van der Waals surface area contributed by atoms with Crippen LogP contribution in [0, 0.1) is 0 Å². The lowest BCUT2D eigenvalue weighted by molar-refractivity contribution is -0.142. The Morgan fingerprint density at radius 1 is 1.30 bits per heavy atom. The van der Waals surface area contributed by atoms with Gasteiger partial charge in [0.05, 0.1) is 12.5 Å². The molecule has 0 bridgehead atoms. The maximum Gasteiger partial charge on any atom is 0.305 e. The Hall–Kier alpha value is -2.08. The second-order valence-electron chi connectivity index (χ2n) is 5.98. The van der Waals surface area contributed by atoms with E-state index >= 15 is 0 Å². The van der Waals surface area contributed by atoms with Crippen LogP contribution in [0.1, 0.15) is 24.8 Å². The van der Waals surface area contributed by atoms with Crippen LogP contribution in [0.4, 0.5) is 0 Å². The van der Waals surface area contributed by atoms with Crippen molar-refractivity contribution in [3.05, 3.63) is 29.8 Å². The van der Waals surface area contributed by atoms with Gasteiger partial charge in [-0.05, 0) is 24.5 Å². The Balaban J connectivity index is 1.65. The van der Waals surface area contributed by atoms with Gasteiger partial charge >= 0.3 is 5.97 Å². The van der Waals surface area contributed by atoms with E-state index in [4.69, 9.17) is 14.6 Å². The van der Waals surface area contributed by atoms with Crippen LogP contribution < -0.4 is 4.74 Å². The number of rotatable bonds is 6. The molecule has 3 rings (SSSR count). The summed E-state index contributed by atoms with van der Waals surface area (Å²) in [4.78, 5) is 25.2. The van der Waals surface area contributed by atoms with Gasteiger partial charge in [-0.25, -0.2) is 0 Å². The van der Waals surface area contributed by atoms with E-state index < -0.39 is 12.1 Å². The van der Waals surface area contributed by atoms with Crippen LogP contribution in [0.15, 0.2) is 24.3 Å². The molecule has 1 aromatic carbocycles. The van der Waals surface area contributed by atoms with Gasteiger partial charge in [-0.15, -0.1) is 0 Å². The van der Waals surface area contributed by atoms with Crippen molar-refractivity contribution in [2.75, 3.05) is 19.7 Å². The molecule has 2 aliphatic heterocycles. The zero-order valence-electron chi connectivity index (χ0n) is 12.9. The summed E-state index contributed by atoms with van der Waals surface area (Å²) < 4.78 is 11.3. The maximum absolute atomic E-state index is 12.8. The Kier molecular flexibility index (Phi) is 4.81. The molecule has 0 saturated carbocycles. The number of para-hydroxylation sites is 1. The Morgan fingerprint density at radius 3 is 2.83 bits per heavy atom. The number of ether oxygens (including phenoxy) is 2. The first-order chi connectivity index (χ1) is 11.1. The third-order valence-electron chi connectivity index (χ3n) is 4.28. The number of amides is 1. The molecule has 6 heteroatoms. The number of carboxylic acid groups (broad SMARTS) is 1. The number of fused-ring (bicyclic) bond motifs is 1. The summed E-state index contributed by atoms with van der Waals surface area (Å²) >= 11 is 0. The fraction of sp³-hybridized carbons (Fsp3) is 0.529. The molecule has 0 unspecified atom stereocenters. The van der Waals surface area contributed by atoms with Crippen LogP contribution in [-0.2, 0) is 20.7 Å². The summed E-state index contributed by atoms with van der Waals surface area (Å²) in [6, 6.07) is 7.60. The number of carbonyl (C=O) groups is 2. The van der Waals surface area contributed by atoms with Crippen molar-refractivity contribution in [1.29, 1.82) is 0 Å². The zero-order valence-corrected chi connectivity index (χ0v) is 12.9. The molecular weight excluding hydrogens is 298 g/mol. The number of carboxylic acids is 1. The SMILES string of the molecule is O=C(O)CCN(C[C@H]1CCCO1)C(=O)[C@@H]1Cc2ccccc2O1. The summed E-state index contributed by atoms with van der Waals surface area (Å²) in [7, 11) is 0. The molecule has 1 N–H and O–H groups in total. The van der Waals surface area contributed by atoms with Gasteiger partial charge in [0.25, 0.3) is 5.91 Å². The molecule has 2 heterocycles. The van der Waals surface area contributed by atoms with Crippen molar-refractivity contribution < 1.29 is 24.2 Å². The second-order valence-corrected chi connectivity index (χ2v) is 5.98. The Labute approximate surface area is 135 Å². The predicted molar refractivity (Wildman–Crippen MR) is 82.4 cm³/mol. The summed E-state index contributed by atoms with van der Waals surface area (Å²) in [5.74, 6) is -0.329. The van der Waals surface area contributed by atoms with Gasteiger partial charge in [0.1, 0.15) is 5.75 Å². The van der Waals surface area contributed by atoms with E-state index in [1.807, 2.05) is 24.3 Å². The van der Waals surface area contributed by atoms with Crippen LogP contribution in [0.2, 0.25) is 0 Å². The molecule has 6 nitrogen and oxygen atoms in total. The standard InChI is InChI=1S/C17H21NO5/c19-16(20)7-8-18(11-13-5-3-9-22-13)17(21)15-10-12-4-1-2-6-14(12)23-15/h1-2,4,6,13,15H,3,5,7-11H2,(H,19,20)/t13-,15+/m1/s1. The topological polar surface area (TPSA) is 76.1 Å². The zero-order chi connectivity index (χ0) is 16.2. The Morgan fingerprint density at radius 2 is 2.13 bits per heavy atom. The first-order valence-electron chi connectivity index (χ1n) is 8.00. The van der Waals surface area contributed by atoms with Crippen molar-refractivity contribution in [3.63, 3.8) is 0 Å². The number of nitrogens with zero attached hydrogens (tertiary/aromatic N) is 1. The molecule has 0 aromatic heterocycles. The van der Waals surface area contributed by atoms with E-state index in [2.05, 4.69) is 0 Å². The van der Waals surface area contributed by atoms with Gasteiger partial charge in [-0.1, -0.05) is 18.2 Å². The highest BCUT2D eigenvalue weighted by molar-refractivity contribution is 5.83. The van der Waals surface area contributed by atoms with Gasteiger partial charge in [0.2, 0.25) is 0 Å². The fourth-order valence-corrected chi connectivity index (χ4v) is 3.08. The van der Waals surface area contributed by atoms with E-state index in [-0.39, 0.29) is 25.0 Å². The third kappa shape index (κ3) is 3.82. The first kappa shape index (κ1) is 15.8. The van der Waals surface area contributed by atoms with Crippen LogP contribution in [0.25, 0.3) is 0 Å². The summed E-state index contributed by atoms with van der Waals surface area (Å²) in [6.45, 7) is 1.32. The molecule has 2 aliphatic rings. The minimum Gasteiger partial charge on any atom is -0.481 e. The van der Waals surface area contributed by atoms with E-state index in [9.17, 15) is 9.59 Å². The molecule has 1 aromatic rings. The van der Waals surface area contributed by atoms with Crippen molar-refractivity contribution in [3.8, 4) is 5.75 Å². The van der Waals surface area contributed by atoms with Crippen LogP contribution in [0.5, 0.6) is 5.75 Å². The largest absolute Gasteiger partial charge is 0.481 e. The number of carbonyl (C=O) groups excluding carboxylic acids is 1. The van der Waals surface area contributed by atoms with Crippen molar-refractivity contribution in [1.82, 2.24) is 4.90 Å². The minimum absolute atomic E-state index is 0.00322. The highest BCUT2D eigenvalue weighted by atomic mass is 16.5. The van der Waals surface area contributed by atoms with Crippen molar-refractivity contribution >= 4 is 11.9 Å². The highest BCUT2D eigenvalue weighted by Gasteiger charge is 2.33. The van der Waals surface area contributed by atoms with Gasteiger partial charge in [0, 0.05) is 26.1 Å². The molecule has 23 heavy (non-hydrogen) atoms. The summed E-state index contributed by atoms with van der Waals surface area (Å²) in [5.41, 5.74) is 1.01. The molecular formula is C17H21NO5. The quantitative estimate of drug-likeness (QED) is 0.859. The number of benzene rings is 1. The van der Waals surface area contributed by atoms with E-state index in [0.29, 0.717) is 19.6 Å². The third-order valence-corrected chi connectivity index (χ3v) is 4.28. The van der Waals surface area contributed by atoms with Crippen molar-refractivity contribution in [2.45, 2.75) is 37.9 Å². The smallest absolute Gasteiger partial charge is 0.305 e. The fourth-order valence-electron chi connectivity index (χ4n) is 3.08. The van der Waals surface area contributed by atoms with Crippen LogP contribution in [0.3, 0.4) is 0 Å². The van der Waals surface area contributed by atoms with Crippen molar-refractivity contribution in [2.24, 2.45) is 0 Å². The lowest BCUT2D eigenvalue weighted by Crippen LogP contribution is -2.45.